The second kappa shape index (κ2) is 6.70. The third-order valence-corrected chi connectivity index (χ3v) is 4.47. The van der Waals surface area contributed by atoms with E-state index in [2.05, 4.69) is 20.2 Å². The van der Waals surface area contributed by atoms with Gasteiger partial charge in [0, 0.05) is 13.1 Å². The Morgan fingerprint density at radius 2 is 2.08 bits per heavy atom. The van der Waals surface area contributed by atoms with Crippen molar-refractivity contribution in [3.63, 3.8) is 0 Å². The fraction of sp³-hybridized carbons (Fsp3) is 0.533. The van der Waals surface area contributed by atoms with Gasteiger partial charge in [0.1, 0.15) is 10.6 Å². The normalized spacial score (nSPS) is 15.6. The van der Waals surface area contributed by atoms with Gasteiger partial charge < -0.3 is 14.4 Å². The van der Waals surface area contributed by atoms with E-state index in [1.807, 2.05) is 20.8 Å². The highest BCUT2D eigenvalue weighted by atomic mass is 35.5. The van der Waals surface area contributed by atoms with Crippen LogP contribution in [-0.2, 0) is 9.47 Å². The van der Waals surface area contributed by atoms with Gasteiger partial charge in [-0.2, -0.15) is 4.98 Å². The zero-order valence-electron chi connectivity index (χ0n) is 13.8. The molecule has 2 aromatic heterocycles. The highest BCUT2D eigenvalue weighted by Gasteiger charge is 2.21. The van der Waals surface area contributed by atoms with Gasteiger partial charge >= 0.3 is 6.09 Å². The first-order valence-corrected chi connectivity index (χ1v) is 8.81. The second-order valence-corrected chi connectivity index (χ2v) is 7.76. The van der Waals surface area contributed by atoms with Crippen molar-refractivity contribution >= 4 is 50.1 Å². The van der Waals surface area contributed by atoms with Crippen molar-refractivity contribution in [2.24, 2.45) is 0 Å². The molecule has 0 saturated carbocycles. The number of anilines is 2. The van der Waals surface area contributed by atoms with Crippen LogP contribution in [0.1, 0.15) is 20.8 Å². The topological polar surface area (TPSA) is 76.6 Å². The number of aromatic nitrogens is 2. The number of nitrogens with zero attached hydrogens (tertiary/aromatic N) is 3. The first-order chi connectivity index (χ1) is 11.3. The maximum absolute atomic E-state index is 11.9. The predicted octanol–water partition coefficient (Wildman–Crippen LogP) is 3.53. The van der Waals surface area contributed by atoms with E-state index in [1.54, 1.807) is 6.07 Å². The summed E-state index contributed by atoms with van der Waals surface area (Å²) in [5, 5.41) is 3.57. The maximum Gasteiger partial charge on any atom is 0.412 e. The summed E-state index contributed by atoms with van der Waals surface area (Å²) in [6.45, 7) is 8.25. The van der Waals surface area contributed by atoms with Gasteiger partial charge in [-0.25, -0.2) is 9.78 Å². The van der Waals surface area contributed by atoms with Crippen LogP contribution in [0, 0.1) is 0 Å². The number of morpholine rings is 1. The van der Waals surface area contributed by atoms with Gasteiger partial charge in [0.25, 0.3) is 0 Å². The van der Waals surface area contributed by atoms with Crippen LogP contribution >= 0.6 is 22.9 Å². The highest BCUT2D eigenvalue weighted by molar-refractivity contribution is 7.23. The van der Waals surface area contributed by atoms with E-state index in [0.29, 0.717) is 23.7 Å². The van der Waals surface area contributed by atoms with Crippen molar-refractivity contribution in [1.82, 2.24) is 9.97 Å². The zero-order valence-corrected chi connectivity index (χ0v) is 15.3. The Kier molecular flexibility index (Phi) is 4.80. The summed E-state index contributed by atoms with van der Waals surface area (Å²) in [6.07, 6.45) is -0.499. The molecule has 1 fully saturated rings. The fourth-order valence-electron chi connectivity index (χ4n) is 2.34. The molecule has 3 rings (SSSR count). The first kappa shape index (κ1) is 17.2. The van der Waals surface area contributed by atoms with Crippen LogP contribution in [0.4, 0.5) is 15.6 Å². The summed E-state index contributed by atoms with van der Waals surface area (Å²) in [4.78, 5) is 22.7. The summed E-state index contributed by atoms with van der Waals surface area (Å²) < 4.78 is 11.5. The molecule has 1 N–H and O–H groups in total. The molecule has 7 nitrogen and oxygen atoms in total. The van der Waals surface area contributed by atoms with E-state index in [9.17, 15) is 4.79 Å². The van der Waals surface area contributed by atoms with Crippen LogP contribution in [0.5, 0.6) is 0 Å². The molecule has 0 unspecified atom stereocenters. The number of hydrogen-bond donors (Lipinski definition) is 1. The smallest absolute Gasteiger partial charge is 0.412 e. The van der Waals surface area contributed by atoms with Gasteiger partial charge in [0.2, 0.25) is 5.28 Å². The lowest BCUT2D eigenvalue weighted by molar-refractivity contribution is 0.0636. The van der Waals surface area contributed by atoms with Crippen LogP contribution in [0.25, 0.3) is 10.2 Å². The minimum atomic E-state index is -0.553. The minimum Gasteiger partial charge on any atom is -0.444 e. The van der Waals surface area contributed by atoms with E-state index in [-0.39, 0.29) is 5.28 Å². The Hall–Kier alpha value is -1.64. The molecule has 0 aliphatic carbocycles. The molecule has 9 heteroatoms. The van der Waals surface area contributed by atoms with Crippen molar-refractivity contribution in [2.75, 3.05) is 36.5 Å². The molecule has 0 atom stereocenters. The average Bonchev–Trinajstić information content (AvgIpc) is 2.87. The van der Waals surface area contributed by atoms with Gasteiger partial charge in [-0.3, -0.25) is 5.32 Å². The molecule has 3 heterocycles. The summed E-state index contributed by atoms with van der Waals surface area (Å²) in [7, 11) is 0. The Morgan fingerprint density at radius 1 is 1.38 bits per heavy atom. The van der Waals surface area contributed by atoms with E-state index in [4.69, 9.17) is 21.1 Å². The highest BCUT2D eigenvalue weighted by Crippen LogP contribution is 2.36. The Balaban J connectivity index is 1.88. The largest absolute Gasteiger partial charge is 0.444 e. The first-order valence-electron chi connectivity index (χ1n) is 7.61. The third kappa shape index (κ3) is 4.06. The third-order valence-electron chi connectivity index (χ3n) is 3.26. The molecule has 1 saturated heterocycles. The van der Waals surface area contributed by atoms with E-state index in [0.717, 1.165) is 23.6 Å². The molecule has 1 aliphatic rings. The van der Waals surface area contributed by atoms with Crippen LogP contribution < -0.4 is 10.2 Å². The molecular formula is C15H19ClN4O3S. The number of fused-ring (bicyclic) bond motifs is 1. The predicted molar refractivity (Wildman–Crippen MR) is 95.3 cm³/mol. The number of nitrogens with one attached hydrogen (secondary N) is 1. The summed E-state index contributed by atoms with van der Waals surface area (Å²) in [5.41, 5.74) is 0.149. The van der Waals surface area contributed by atoms with Crippen molar-refractivity contribution in [3.05, 3.63) is 11.3 Å². The van der Waals surface area contributed by atoms with Crippen LogP contribution in [0.2, 0.25) is 5.28 Å². The molecule has 0 radical (unpaired) electrons. The number of thiophene rings is 1. The molecule has 1 amide bonds. The van der Waals surface area contributed by atoms with Crippen molar-refractivity contribution in [3.8, 4) is 0 Å². The van der Waals surface area contributed by atoms with Crippen molar-refractivity contribution in [2.45, 2.75) is 26.4 Å². The number of carbonyl (C=O) groups is 1. The van der Waals surface area contributed by atoms with Gasteiger partial charge in [-0.05, 0) is 38.4 Å². The van der Waals surface area contributed by atoms with Crippen LogP contribution in [0.3, 0.4) is 0 Å². The summed E-state index contributed by atoms with van der Waals surface area (Å²) in [5.74, 6) is 0.774. The number of carbonyl (C=O) groups excluding carboxylic acids is 1. The summed E-state index contributed by atoms with van der Waals surface area (Å²) in [6, 6.07) is 1.78. The standard InChI is InChI=1S/C15H19ClN4O3S/c1-15(2,3)23-14(21)18-10-8-9-11(24-10)12(19-13(16)17-9)20-4-6-22-7-5-20/h8H,4-7H2,1-3H3,(H,18,21). The average molecular weight is 371 g/mol. The van der Waals surface area contributed by atoms with Gasteiger partial charge in [-0.1, -0.05) is 0 Å². The molecule has 130 valence electrons. The Labute approximate surface area is 148 Å². The SMILES string of the molecule is CC(C)(C)OC(=O)Nc1cc2nc(Cl)nc(N3CCOCC3)c2s1. The van der Waals surface area contributed by atoms with E-state index < -0.39 is 11.7 Å². The van der Waals surface area contributed by atoms with E-state index >= 15 is 0 Å². The number of ether oxygens (including phenoxy) is 2. The lowest BCUT2D eigenvalue weighted by atomic mass is 10.2. The van der Waals surface area contributed by atoms with Gasteiger partial charge in [-0.15, -0.1) is 11.3 Å². The number of hydrogen-bond acceptors (Lipinski definition) is 7. The number of rotatable bonds is 2. The van der Waals surface area contributed by atoms with Gasteiger partial charge in [0.05, 0.1) is 23.4 Å². The van der Waals surface area contributed by atoms with E-state index in [1.165, 1.54) is 11.3 Å². The quantitative estimate of drug-likeness (QED) is 0.815. The second-order valence-electron chi connectivity index (χ2n) is 6.37. The minimum absolute atomic E-state index is 0.186. The molecule has 0 bridgehead atoms. The van der Waals surface area contributed by atoms with Crippen LogP contribution in [0.15, 0.2) is 6.07 Å². The molecule has 1 aliphatic heterocycles. The van der Waals surface area contributed by atoms with Gasteiger partial charge in [0.15, 0.2) is 5.82 Å². The maximum atomic E-state index is 11.9. The Bertz CT molecular complexity index is 753. The fourth-order valence-corrected chi connectivity index (χ4v) is 3.51. The number of amides is 1. The molecule has 0 aromatic carbocycles. The van der Waals surface area contributed by atoms with Crippen molar-refractivity contribution in [1.29, 1.82) is 0 Å². The zero-order chi connectivity index (χ0) is 17.3. The van der Waals surface area contributed by atoms with Crippen LogP contribution in [-0.4, -0.2) is 48.0 Å². The summed E-state index contributed by atoms with van der Waals surface area (Å²) >= 11 is 7.46. The molecule has 24 heavy (non-hydrogen) atoms. The molecule has 0 spiro atoms. The lowest BCUT2D eigenvalue weighted by Gasteiger charge is -2.28. The molecular weight excluding hydrogens is 352 g/mol. The lowest BCUT2D eigenvalue weighted by Crippen LogP contribution is -2.36. The Morgan fingerprint density at radius 3 is 2.75 bits per heavy atom. The van der Waals surface area contributed by atoms with Crippen molar-refractivity contribution < 1.29 is 14.3 Å². The monoisotopic (exact) mass is 370 g/mol. The molecule has 2 aromatic rings. The number of halogens is 1.